The number of hydrogen-bond donors (Lipinski definition) is 1. The maximum Gasteiger partial charge on any atom is 0.295 e. The van der Waals surface area contributed by atoms with Gasteiger partial charge in [0.2, 0.25) is 0 Å². The number of benzene rings is 1. The molecule has 1 aliphatic rings. The fraction of sp³-hybridized carbons (Fsp3) is 0.400. The Hall–Kier alpha value is -3.19. The van der Waals surface area contributed by atoms with Gasteiger partial charge >= 0.3 is 0 Å². The summed E-state index contributed by atoms with van der Waals surface area (Å²) in [6.45, 7) is 7.34. The molecule has 2 heterocycles. The Kier molecular flexibility index (Phi) is 7.64. The second-order valence-electron chi connectivity index (χ2n) is 8.31. The number of pyridine rings is 1. The second-order valence-corrected chi connectivity index (χ2v) is 8.31. The van der Waals surface area contributed by atoms with Gasteiger partial charge in [-0.3, -0.25) is 14.6 Å². The van der Waals surface area contributed by atoms with Crippen LogP contribution in [0.15, 0.2) is 48.3 Å². The van der Waals surface area contributed by atoms with Gasteiger partial charge in [0, 0.05) is 38.2 Å². The van der Waals surface area contributed by atoms with Crippen LogP contribution in [0.25, 0.3) is 5.76 Å². The van der Waals surface area contributed by atoms with E-state index in [4.69, 9.17) is 9.47 Å². The van der Waals surface area contributed by atoms with Crippen molar-refractivity contribution >= 4 is 17.4 Å². The van der Waals surface area contributed by atoms with Crippen LogP contribution < -0.4 is 4.74 Å². The minimum absolute atomic E-state index is 0.0689. The molecule has 1 amide bonds. The molecule has 170 valence electrons. The second kappa shape index (κ2) is 10.4. The van der Waals surface area contributed by atoms with E-state index in [1.165, 1.54) is 4.90 Å². The van der Waals surface area contributed by atoms with E-state index in [-0.39, 0.29) is 11.3 Å². The van der Waals surface area contributed by atoms with Gasteiger partial charge < -0.3 is 19.5 Å². The molecule has 1 N–H and O–H groups in total. The number of rotatable bonds is 9. The van der Waals surface area contributed by atoms with Crippen molar-refractivity contribution in [2.45, 2.75) is 33.2 Å². The number of aliphatic hydroxyl groups excluding tert-OH is 1. The predicted molar refractivity (Wildman–Crippen MR) is 121 cm³/mol. The molecule has 0 saturated carbocycles. The molecule has 7 heteroatoms. The lowest BCUT2D eigenvalue weighted by Crippen LogP contribution is -2.31. The molecule has 0 spiro atoms. The number of carbonyl (C=O) groups excluding carboxylic acids is 2. The van der Waals surface area contributed by atoms with E-state index in [1.54, 1.807) is 43.8 Å². The highest BCUT2D eigenvalue weighted by atomic mass is 16.5. The minimum atomic E-state index is -0.711. The van der Waals surface area contributed by atoms with Crippen molar-refractivity contribution in [1.82, 2.24) is 9.88 Å². The molecule has 1 atom stereocenters. The van der Waals surface area contributed by atoms with Gasteiger partial charge in [-0.15, -0.1) is 0 Å². The van der Waals surface area contributed by atoms with Crippen LogP contribution in [-0.2, 0) is 14.3 Å². The SMILES string of the molecule is COCCCN1C(=O)C(=O)C(=C(O)c2ccc(OCC(C)C)cc2C)[C@@H]1c1cccnc1. The highest BCUT2D eigenvalue weighted by Gasteiger charge is 2.46. The molecule has 0 bridgehead atoms. The van der Waals surface area contributed by atoms with Gasteiger partial charge in [0.25, 0.3) is 11.7 Å². The number of hydrogen-bond acceptors (Lipinski definition) is 6. The van der Waals surface area contributed by atoms with Gasteiger partial charge in [0.1, 0.15) is 11.5 Å². The summed E-state index contributed by atoms with van der Waals surface area (Å²) in [7, 11) is 1.59. The van der Waals surface area contributed by atoms with Crippen LogP contribution in [0.1, 0.15) is 43.0 Å². The fourth-order valence-electron chi connectivity index (χ4n) is 3.77. The molecule has 0 unspecified atom stereocenters. The number of aliphatic hydroxyl groups is 1. The summed E-state index contributed by atoms with van der Waals surface area (Å²) < 4.78 is 10.9. The van der Waals surface area contributed by atoms with Crippen LogP contribution in [0.5, 0.6) is 5.75 Å². The molecule has 0 radical (unpaired) electrons. The van der Waals surface area contributed by atoms with E-state index >= 15 is 0 Å². The zero-order valence-electron chi connectivity index (χ0n) is 19.0. The third-order valence-corrected chi connectivity index (χ3v) is 5.32. The normalized spacial score (nSPS) is 17.9. The summed E-state index contributed by atoms with van der Waals surface area (Å²) in [5, 5.41) is 11.2. The average molecular weight is 439 g/mol. The molecule has 1 saturated heterocycles. The Morgan fingerprint density at radius 2 is 2.03 bits per heavy atom. The third kappa shape index (κ3) is 4.99. The van der Waals surface area contributed by atoms with Gasteiger partial charge in [0.15, 0.2) is 0 Å². The van der Waals surface area contributed by atoms with Gasteiger partial charge in [-0.05, 0) is 54.7 Å². The van der Waals surface area contributed by atoms with Crippen LogP contribution >= 0.6 is 0 Å². The molecule has 2 aromatic rings. The lowest BCUT2D eigenvalue weighted by molar-refractivity contribution is -0.140. The summed E-state index contributed by atoms with van der Waals surface area (Å²) in [5.41, 5.74) is 1.98. The molecule has 32 heavy (non-hydrogen) atoms. The van der Waals surface area contributed by atoms with E-state index in [0.29, 0.717) is 49.0 Å². The van der Waals surface area contributed by atoms with Crippen molar-refractivity contribution < 1.29 is 24.2 Å². The first-order valence-corrected chi connectivity index (χ1v) is 10.8. The van der Waals surface area contributed by atoms with Crippen LogP contribution in [0.3, 0.4) is 0 Å². The van der Waals surface area contributed by atoms with Crippen LogP contribution in [0.4, 0.5) is 0 Å². The summed E-state index contributed by atoms with van der Waals surface area (Å²) in [6, 6.07) is 8.14. The van der Waals surface area contributed by atoms with Gasteiger partial charge in [-0.25, -0.2) is 0 Å². The van der Waals surface area contributed by atoms with Crippen molar-refractivity contribution in [3.8, 4) is 5.75 Å². The van der Waals surface area contributed by atoms with Crippen LogP contribution in [-0.4, -0.2) is 53.5 Å². The van der Waals surface area contributed by atoms with E-state index in [0.717, 1.165) is 5.56 Å². The van der Waals surface area contributed by atoms with Crippen molar-refractivity contribution in [2.24, 2.45) is 5.92 Å². The lowest BCUT2D eigenvalue weighted by atomic mass is 9.94. The molecule has 7 nitrogen and oxygen atoms in total. The molecule has 3 rings (SSSR count). The van der Waals surface area contributed by atoms with Crippen molar-refractivity contribution in [3.63, 3.8) is 0 Å². The van der Waals surface area contributed by atoms with Crippen LogP contribution in [0, 0.1) is 12.8 Å². The number of methoxy groups -OCH3 is 1. The van der Waals surface area contributed by atoms with Crippen LogP contribution in [0.2, 0.25) is 0 Å². The standard InChI is InChI=1S/C25H30N2O5/c1-16(2)15-32-19-8-9-20(17(3)13-19)23(28)21-22(18-7-5-10-26-14-18)27(11-6-12-31-4)25(30)24(21)29/h5,7-10,13-14,16,22,28H,6,11-12,15H2,1-4H3/t22-/m0/s1. The lowest BCUT2D eigenvalue weighted by Gasteiger charge is -2.25. The summed E-state index contributed by atoms with van der Waals surface area (Å²) in [5.74, 6) is -0.452. The molecule has 1 aromatic carbocycles. The predicted octanol–water partition coefficient (Wildman–Crippen LogP) is 3.88. The van der Waals surface area contributed by atoms with Crippen molar-refractivity contribution in [3.05, 3.63) is 65.0 Å². The number of likely N-dealkylation sites (tertiary alicyclic amines) is 1. The number of nitrogens with zero attached hydrogens (tertiary/aromatic N) is 2. The molecule has 1 aromatic heterocycles. The van der Waals surface area contributed by atoms with Crippen molar-refractivity contribution in [2.75, 3.05) is 26.9 Å². The molecule has 0 aliphatic carbocycles. The Morgan fingerprint density at radius 1 is 1.25 bits per heavy atom. The maximum atomic E-state index is 13.0. The molecule has 1 aliphatic heterocycles. The van der Waals surface area contributed by atoms with E-state index < -0.39 is 17.7 Å². The first kappa shape index (κ1) is 23.5. The van der Waals surface area contributed by atoms with Crippen molar-refractivity contribution in [1.29, 1.82) is 0 Å². The molecular weight excluding hydrogens is 408 g/mol. The Balaban J connectivity index is 2.04. The Morgan fingerprint density at radius 3 is 2.66 bits per heavy atom. The highest BCUT2D eigenvalue weighted by molar-refractivity contribution is 6.46. The molecular formula is C25H30N2O5. The Bertz CT molecular complexity index is 1000. The van der Waals surface area contributed by atoms with E-state index in [9.17, 15) is 14.7 Å². The first-order chi connectivity index (χ1) is 15.3. The fourth-order valence-corrected chi connectivity index (χ4v) is 3.77. The highest BCUT2D eigenvalue weighted by Crippen LogP contribution is 2.40. The first-order valence-electron chi connectivity index (χ1n) is 10.8. The maximum absolute atomic E-state index is 13.0. The van der Waals surface area contributed by atoms with Gasteiger partial charge in [0.05, 0.1) is 18.2 Å². The smallest absolute Gasteiger partial charge is 0.295 e. The number of ether oxygens (including phenoxy) is 2. The third-order valence-electron chi connectivity index (χ3n) is 5.32. The summed E-state index contributed by atoms with van der Waals surface area (Å²) in [4.78, 5) is 31.5. The largest absolute Gasteiger partial charge is 0.507 e. The van der Waals surface area contributed by atoms with E-state index in [1.807, 2.05) is 13.0 Å². The number of carbonyl (C=O) groups is 2. The molecule has 1 fully saturated rings. The minimum Gasteiger partial charge on any atom is -0.507 e. The van der Waals surface area contributed by atoms with Gasteiger partial charge in [-0.1, -0.05) is 19.9 Å². The number of aromatic nitrogens is 1. The topological polar surface area (TPSA) is 89.0 Å². The number of Topliss-reactive ketones (excluding diaryl/α,β-unsaturated/α-hetero) is 1. The quantitative estimate of drug-likeness (QED) is 0.277. The summed E-state index contributed by atoms with van der Waals surface area (Å²) in [6.07, 6.45) is 3.81. The van der Waals surface area contributed by atoms with Gasteiger partial charge in [-0.2, -0.15) is 0 Å². The monoisotopic (exact) mass is 438 g/mol. The number of ketones is 1. The Labute approximate surface area is 188 Å². The average Bonchev–Trinajstić information content (AvgIpc) is 3.03. The number of amides is 1. The zero-order chi connectivity index (χ0) is 23.3. The van der Waals surface area contributed by atoms with E-state index in [2.05, 4.69) is 18.8 Å². The zero-order valence-corrected chi connectivity index (χ0v) is 19.0. The number of aryl methyl sites for hydroxylation is 1. The summed E-state index contributed by atoms with van der Waals surface area (Å²) >= 11 is 0.